The molecule has 10 nitrogen and oxygen atoms in total. The lowest BCUT2D eigenvalue weighted by Crippen LogP contribution is -2.41. The molecule has 1 aliphatic heterocycles. The van der Waals surface area contributed by atoms with Gasteiger partial charge in [0.05, 0.1) is 35.7 Å². The molecule has 12 heteroatoms. The summed E-state index contributed by atoms with van der Waals surface area (Å²) < 4.78 is 57.7. The molecule has 1 amide bonds. The number of sulfonamides is 1. The Kier molecular flexibility index (Phi) is 6.36. The maximum absolute atomic E-state index is 13.2. The monoisotopic (exact) mass is 472 g/mol. The highest BCUT2D eigenvalue weighted by molar-refractivity contribution is 7.91. The zero-order chi connectivity index (χ0) is 23.1. The van der Waals surface area contributed by atoms with E-state index < -0.39 is 25.9 Å². The van der Waals surface area contributed by atoms with Crippen LogP contribution in [0.5, 0.6) is 0 Å². The Balaban J connectivity index is 1.85. The van der Waals surface area contributed by atoms with Crippen molar-refractivity contribution < 1.29 is 26.0 Å². The lowest BCUT2D eigenvalue weighted by Gasteiger charge is -2.27. The summed E-state index contributed by atoms with van der Waals surface area (Å²) in [6.07, 6.45) is 1.87. The summed E-state index contributed by atoms with van der Waals surface area (Å²) in [6.45, 7) is 4.89. The number of aryl methyl sites for hydroxylation is 1. The van der Waals surface area contributed by atoms with E-state index in [9.17, 15) is 21.6 Å². The van der Waals surface area contributed by atoms with Gasteiger partial charge in [0.25, 0.3) is 0 Å². The third-order valence-electron chi connectivity index (χ3n) is 5.71. The fourth-order valence-corrected chi connectivity index (χ4v) is 7.19. The van der Waals surface area contributed by atoms with Crippen molar-refractivity contribution in [3.05, 3.63) is 35.5 Å². The van der Waals surface area contributed by atoms with Crippen molar-refractivity contribution in [2.45, 2.75) is 50.7 Å². The predicted octanol–water partition coefficient (Wildman–Crippen LogP) is 1.12. The van der Waals surface area contributed by atoms with Crippen LogP contribution in [0, 0.1) is 13.8 Å². The van der Waals surface area contributed by atoms with E-state index in [1.165, 1.54) is 27.2 Å². The van der Waals surface area contributed by atoms with Gasteiger partial charge in [-0.05, 0) is 39.3 Å². The first-order valence-corrected chi connectivity index (χ1v) is 13.1. The van der Waals surface area contributed by atoms with Gasteiger partial charge in [-0.25, -0.2) is 16.8 Å². The summed E-state index contributed by atoms with van der Waals surface area (Å²) in [6, 6.07) is 2.20. The van der Waals surface area contributed by atoms with Crippen LogP contribution in [-0.4, -0.2) is 73.4 Å². The molecule has 1 fully saturated rings. The highest BCUT2D eigenvalue weighted by Crippen LogP contribution is 2.27. The van der Waals surface area contributed by atoms with E-state index >= 15 is 0 Å². The quantitative estimate of drug-likeness (QED) is 0.592. The molecule has 0 bridgehead atoms. The van der Waals surface area contributed by atoms with Gasteiger partial charge in [0.1, 0.15) is 16.7 Å². The first-order chi connectivity index (χ1) is 14.3. The second-order valence-corrected chi connectivity index (χ2v) is 12.2. The van der Waals surface area contributed by atoms with Crippen LogP contribution in [-0.2, 0) is 31.2 Å². The molecule has 1 saturated heterocycles. The lowest BCUT2D eigenvalue weighted by molar-refractivity contribution is -0.135. The van der Waals surface area contributed by atoms with Crippen molar-refractivity contribution in [3.8, 4) is 0 Å². The lowest BCUT2D eigenvalue weighted by atomic mass is 10.2. The first-order valence-electron chi connectivity index (χ1n) is 9.86. The van der Waals surface area contributed by atoms with E-state index in [-0.39, 0.29) is 40.6 Å². The number of nitrogens with zero attached hydrogens (tertiary/aromatic N) is 4. The number of carbonyl (C=O) groups excluding carboxylic acids is 1. The van der Waals surface area contributed by atoms with Gasteiger partial charge in [0, 0.05) is 20.1 Å². The Morgan fingerprint density at radius 3 is 2.58 bits per heavy atom. The topological polar surface area (TPSA) is 123 Å². The summed E-state index contributed by atoms with van der Waals surface area (Å²) in [5.74, 6) is 0.190. The minimum Gasteiger partial charge on any atom is -0.468 e. The second-order valence-electron chi connectivity index (χ2n) is 7.97. The van der Waals surface area contributed by atoms with Crippen LogP contribution in [0.15, 0.2) is 27.7 Å². The Hall–Kier alpha value is -2.18. The molecular weight excluding hydrogens is 444 g/mol. The Morgan fingerprint density at radius 2 is 2.03 bits per heavy atom. The Labute approximate surface area is 182 Å². The molecule has 2 aromatic rings. The Bertz CT molecular complexity index is 1170. The van der Waals surface area contributed by atoms with E-state index in [1.807, 2.05) is 0 Å². The molecule has 31 heavy (non-hydrogen) atoms. The van der Waals surface area contributed by atoms with Gasteiger partial charge in [-0.3, -0.25) is 9.48 Å². The van der Waals surface area contributed by atoms with E-state index in [0.717, 1.165) is 0 Å². The van der Waals surface area contributed by atoms with Gasteiger partial charge < -0.3 is 9.32 Å². The van der Waals surface area contributed by atoms with Gasteiger partial charge in [0.15, 0.2) is 9.84 Å². The minimum absolute atomic E-state index is 0.0484. The molecule has 172 valence electrons. The molecular formula is C19H28N4O6S2. The van der Waals surface area contributed by atoms with E-state index in [0.29, 0.717) is 17.9 Å². The van der Waals surface area contributed by atoms with Crippen LogP contribution in [0.3, 0.4) is 0 Å². The number of furan rings is 1. The Morgan fingerprint density at radius 1 is 1.35 bits per heavy atom. The van der Waals surface area contributed by atoms with Gasteiger partial charge in [-0.2, -0.15) is 9.40 Å². The average molecular weight is 473 g/mol. The summed E-state index contributed by atoms with van der Waals surface area (Å²) in [7, 11) is -3.99. The second kappa shape index (κ2) is 8.40. The van der Waals surface area contributed by atoms with Gasteiger partial charge in [-0.1, -0.05) is 0 Å². The number of amides is 1. The fourth-order valence-electron chi connectivity index (χ4n) is 3.92. The smallest absolute Gasteiger partial charge is 0.247 e. The number of sulfone groups is 1. The van der Waals surface area contributed by atoms with E-state index in [1.54, 1.807) is 40.0 Å². The molecule has 2 atom stereocenters. The molecule has 0 aliphatic carbocycles. The first kappa shape index (κ1) is 23.5. The predicted molar refractivity (Wildman–Crippen MR) is 114 cm³/mol. The summed E-state index contributed by atoms with van der Waals surface area (Å²) >= 11 is 0. The van der Waals surface area contributed by atoms with Crippen molar-refractivity contribution >= 4 is 25.8 Å². The van der Waals surface area contributed by atoms with Gasteiger partial charge in [-0.15, -0.1) is 0 Å². The third-order valence-corrected chi connectivity index (χ3v) is 9.52. The maximum Gasteiger partial charge on any atom is 0.247 e. The summed E-state index contributed by atoms with van der Waals surface area (Å²) in [5.41, 5.74) is 0.631. The number of aromatic nitrogens is 2. The SMILES string of the molecule is Cc1nn([C@H](C)C(=O)N(C)[C@H]2CCS(=O)(=O)C2)c(C)c1S(=O)(=O)N(C)Cc1ccco1. The van der Waals surface area contributed by atoms with Crippen LogP contribution in [0.25, 0.3) is 0 Å². The van der Waals surface area contributed by atoms with Crippen molar-refractivity contribution in [1.29, 1.82) is 0 Å². The van der Waals surface area contributed by atoms with Crippen LogP contribution in [0.4, 0.5) is 0 Å². The summed E-state index contributed by atoms with van der Waals surface area (Å²) in [4.78, 5) is 14.5. The highest BCUT2D eigenvalue weighted by atomic mass is 32.2. The number of likely N-dealkylation sites (N-methyl/N-ethyl adjacent to an activating group) is 1. The van der Waals surface area contributed by atoms with E-state index in [4.69, 9.17) is 4.42 Å². The molecule has 0 aromatic carbocycles. The van der Waals surface area contributed by atoms with Gasteiger partial charge in [0.2, 0.25) is 15.9 Å². The van der Waals surface area contributed by atoms with Crippen molar-refractivity contribution in [1.82, 2.24) is 19.0 Å². The van der Waals surface area contributed by atoms with E-state index in [2.05, 4.69) is 5.10 Å². The number of hydrogen-bond acceptors (Lipinski definition) is 7. The molecule has 2 aromatic heterocycles. The molecule has 3 heterocycles. The number of hydrogen-bond donors (Lipinski definition) is 0. The zero-order valence-corrected chi connectivity index (χ0v) is 19.9. The van der Waals surface area contributed by atoms with Crippen molar-refractivity contribution in [3.63, 3.8) is 0 Å². The molecule has 0 spiro atoms. The number of rotatable bonds is 7. The van der Waals surface area contributed by atoms with Crippen LogP contribution >= 0.6 is 0 Å². The minimum atomic E-state index is -3.88. The average Bonchev–Trinajstić information content (AvgIpc) is 3.39. The molecule has 0 N–H and O–H groups in total. The standard InChI is InChI=1S/C19H28N4O6S2/c1-13-18(31(27,28)21(4)11-17-7-6-9-29-17)14(2)23(20-13)15(3)19(24)22(5)16-8-10-30(25,26)12-16/h6-7,9,15-16H,8,10-12H2,1-5H3/t15-,16+/m1/s1. The maximum atomic E-state index is 13.2. The van der Waals surface area contributed by atoms with Crippen molar-refractivity contribution in [2.75, 3.05) is 25.6 Å². The largest absolute Gasteiger partial charge is 0.468 e. The normalized spacial score (nSPS) is 19.6. The fraction of sp³-hybridized carbons (Fsp3) is 0.579. The molecule has 0 saturated carbocycles. The van der Waals surface area contributed by atoms with Crippen LogP contribution < -0.4 is 0 Å². The molecule has 0 radical (unpaired) electrons. The van der Waals surface area contributed by atoms with Gasteiger partial charge >= 0.3 is 0 Å². The number of carbonyl (C=O) groups is 1. The molecule has 1 aliphatic rings. The van der Waals surface area contributed by atoms with Crippen molar-refractivity contribution in [2.24, 2.45) is 0 Å². The third kappa shape index (κ3) is 4.55. The molecule has 3 rings (SSSR count). The summed E-state index contributed by atoms with van der Waals surface area (Å²) in [5, 5.41) is 4.34. The zero-order valence-electron chi connectivity index (χ0n) is 18.3. The van der Waals surface area contributed by atoms with Crippen LogP contribution in [0.1, 0.15) is 36.5 Å². The molecule has 0 unspecified atom stereocenters. The van der Waals surface area contributed by atoms with Crippen LogP contribution in [0.2, 0.25) is 0 Å². The highest BCUT2D eigenvalue weighted by Gasteiger charge is 2.36.